The van der Waals surface area contributed by atoms with Gasteiger partial charge in [0, 0.05) is 24.4 Å². The van der Waals surface area contributed by atoms with Crippen LogP contribution in [0, 0.1) is 11.6 Å². The van der Waals surface area contributed by atoms with Crippen LogP contribution in [0.4, 0.5) is 20.3 Å². The van der Waals surface area contributed by atoms with Crippen LogP contribution in [0.15, 0.2) is 36.5 Å². The first-order valence-electron chi connectivity index (χ1n) is 6.06. The molecule has 0 aliphatic carbocycles. The summed E-state index contributed by atoms with van der Waals surface area (Å²) in [4.78, 5) is 16.0. The summed E-state index contributed by atoms with van der Waals surface area (Å²) >= 11 is 0. The molecule has 1 heterocycles. The summed E-state index contributed by atoms with van der Waals surface area (Å²) in [6.07, 6.45) is 1.47. The van der Waals surface area contributed by atoms with Gasteiger partial charge in [-0.1, -0.05) is 0 Å². The third-order valence-electron chi connectivity index (χ3n) is 2.56. The number of hydrogen-bond acceptors (Lipinski definition) is 3. The second-order valence-corrected chi connectivity index (χ2v) is 4.04. The lowest BCUT2D eigenvalue weighted by atomic mass is 10.2. The van der Waals surface area contributed by atoms with E-state index in [1.165, 1.54) is 18.3 Å². The topological polar surface area (TPSA) is 54.0 Å². The van der Waals surface area contributed by atoms with Crippen molar-refractivity contribution in [2.45, 2.75) is 6.92 Å². The fourth-order valence-corrected chi connectivity index (χ4v) is 1.64. The molecule has 0 atom stereocenters. The minimum Gasteiger partial charge on any atom is -0.370 e. The lowest BCUT2D eigenvalue weighted by Crippen LogP contribution is -2.14. The van der Waals surface area contributed by atoms with E-state index in [0.717, 1.165) is 18.2 Å². The van der Waals surface area contributed by atoms with Crippen molar-refractivity contribution in [1.29, 1.82) is 0 Å². The Labute approximate surface area is 114 Å². The number of carbonyl (C=O) groups is 1. The summed E-state index contributed by atoms with van der Waals surface area (Å²) < 4.78 is 26.5. The predicted molar refractivity (Wildman–Crippen MR) is 72.7 cm³/mol. The van der Waals surface area contributed by atoms with E-state index < -0.39 is 17.5 Å². The van der Waals surface area contributed by atoms with Crippen molar-refractivity contribution >= 4 is 17.4 Å². The molecule has 0 fully saturated rings. The van der Waals surface area contributed by atoms with Crippen LogP contribution in [0.3, 0.4) is 0 Å². The SMILES string of the molecule is CCNc1cc(C(=O)Nc2cc(F)ccc2F)ccn1. The molecule has 1 amide bonds. The molecule has 20 heavy (non-hydrogen) atoms. The van der Waals surface area contributed by atoms with Gasteiger partial charge in [0.05, 0.1) is 5.69 Å². The monoisotopic (exact) mass is 277 g/mol. The Morgan fingerprint density at radius 3 is 2.80 bits per heavy atom. The molecule has 6 heteroatoms. The van der Waals surface area contributed by atoms with Crippen molar-refractivity contribution in [3.05, 3.63) is 53.7 Å². The second kappa shape index (κ2) is 6.10. The number of pyridine rings is 1. The fourth-order valence-electron chi connectivity index (χ4n) is 1.64. The Morgan fingerprint density at radius 2 is 2.05 bits per heavy atom. The molecule has 1 aromatic heterocycles. The third-order valence-corrected chi connectivity index (χ3v) is 2.56. The van der Waals surface area contributed by atoms with Gasteiger partial charge >= 0.3 is 0 Å². The maximum Gasteiger partial charge on any atom is 0.255 e. The number of anilines is 2. The van der Waals surface area contributed by atoms with Crippen molar-refractivity contribution in [3.63, 3.8) is 0 Å². The number of carbonyl (C=O) groups excluding carboxylic acids is 1. The zero-order valence-corrected chi connectivity index (χ0v) is 10.8. The van der Waals surface area contributed by atoms with Crippen LogP contribution in [0.1, 0.15) is 17.3 Å². The number of nitrogens with one attached hydrogen (secondary N) is 2. The van der Waals surface area contributed by atoms with Crippen molar-refractivity contribution in [1.82, 2.24) is 4.98 Å². The summed E-state index contributed by atoms with van der Waals surface area (Å²) in [7, 11) is 0. The first kappa shape index (κ1) is 13.9. The Bertz CT molecular complexity index is 632. The molecular formula is C14H13F2N3O. The van der Waals surface area contributed by atoms with Crippen molar-refractivity contribution in [2.24, 2.45) is 0 Å². The van der Waals surface area contributed by atoms with E-state index in [2.05, 4.69) is 15.6 Å². The minimum atomic E-state index is -0.694. The van der Waals surface area contributed by atoms with Gasteiger partial charge in [-0.3, -0.25) is 4.79 Å². The molecule has 2 N–H and O–H groups in total. The van der Waals surface area contributed by atoms with Crippen molar-refractivity contribution in [2.75, 3.05) is 17.2 Å². The van der Waals surface area contributed by atoms with Gasteiger partial charge in [0.15, 0.2) is 0 Å². The Kier molecular flexibility index (Phi) is 4.24. The standard InChI is InChI=1S/C14H13F2N3O/c1-2-17-13-7-9(5-6-18-13)14(20)19-12-8-10(15)3-4-11(12)16/h3-8H,2H2,1H3,(H,17,18)(H,19,20). The van der Waals surface area contributed by atoms with Gasteiger partial charge in [0.25, 0.3) is 5.91 Å². The number of nitrogens with zero attached hydrogens (tertiary/aromatic N) is 1. The molecule has 1 aromatic carbocycles. The van der Waals surface area contributed by atoms with E-state index in [9.17, 15) is 13.6 Å². The highest BCUT2D eigenvalue weighted by Crippen LogP contribution is 2.17. The quantitative estimate of drug-likeness (QED) is 0.903. The molecular weight excluding hydrogens is 264 g/mol. The van der Waals surface area contributed by atoms with Gasteiger partial charge in [0.1, 0.15) is 17.5 Å². The number of aromatic nitrogens is 1. The second-order valence-electron chi connectivity index (χ2n) is 4.04. The highest BCUT2D eigenvalue weighted by Gasteiger charge is 2.11. The molecule has 4 nitrogen and oxygen atoms in total. The molecule has 104 valence electrons. The van der Waals surface area contributed by atoms with E-state index in [-0.39, 0.29) is 5.69 Å². The van der Waals surface area contributed by atoms with Crippen LogP contribution in [-0.4, -0.2) is 17.4 Å². The third kappa shape index (κ3) is 3.28. The number of rotatable bonds is 4. The maximum atomic E-state index is 13.4. The summed E-state index contributed by atoms with van der Waals surface area (Å²) in [6, 6.07) is 5.91. The Hall–Kier alpha value is -2.50. The molecule has 0 saturated heterocycles. The molecule has 0 spiro atoms. The van der Waals surface area contributed by atoms with Crippen LogP contribution in [0.25, 0.3) is 0 Å². The van der Waals surface area contributed by atoms with E-state index in [1.54, 1.807) is 0 Å². The van der Waals surface area contributed by atoms with Gasteiger partial charge in [-0.25, -0.2) is 13.8 Å². The molecule has 0 bridgehead atoms. The zero-order valence-electron chi connectivity index (χ0n) is 10.8. The molecule has 0 saturated carbocycles. The summed E-state index contributed by atoms with van der Waals surface area (Å²) in [5, 5.41) is 5.29. The van der Waals surface area contributed by atoms with Gasteiger partial charge in [0.2, 0.25) is 0 Å². The fraction of sp³-hybridized carbons (Fsp3) is 0.143. The zero-order chi connectivity index (χ0) is 14.5. The van der Waals surface area contributed by atoms with Gasteiger partial charge in [-0.05, 0) is 31.2 Å². The summed E-state index contributed by atoms with van der Waals surface area (Å²) in [6.45, 7) is 2.56. The Balaban J connectivity index is 2.19. The van der Waals surface area contributed by atoms with Crippen LogP contribution in [0.5, 0.6) is 0 Å². The van der Waals surface area contributed by atoms with Crippen molar-refractivity contribution < 1.29 is 13.6 Å². The van der Waals surface area contributed by atoms with Gasteiger partial charge in [-0.15, -0.1) is 0 Å². The normalized spacial score (nSPS) is 10.2. The van der Waals surface area contributed by atoms with Crippen LogP contribution in [0.2, 0.25) is 0 Å². The highest BCUT2D eigenvalue weighted by atomic mass is 19.1. The largest absolute Gasteiger partial charge is 0.370 e. The molecule has 2 rings (SSSR count). The molecule has 0 aliphatic heterocycles. The van der Waals surface area contributed by atoms with E-state index >= 15 is 0 Å². The molecule has 0 radical (unpaired) electrons. The number of benzene rings is 1. The van der Waals surface area contributed by atoms with Crippen LogP contribution in [-0.2, 0) is 0 Å². The molecule has 0 unspecified atom stereocenters. The molecule has 0 aliphatic rings. The minimum absolute atomic E-state index is 0.197. The smallest absolute Gasteiger partial charge is 0.255 e. The van der Waals surface area contributed by atoms with Crippen LogP contribution >= 0.6 is 0 Å². The van der Waals surface area contributed by atoms with Gasteiger partial charge in [-0.2, -0.15) is 0 Å². The highest BCUT2D eigenvalue weighted by molar-refractivity contribution is 6.04. The number of hydrogen-bond donors (Lipinski definition) is 2. The lowest BCUT2D eigenvalue weighted by Gasteiger charge is -2.08. The van der Waals surface area contributed by atoms with E-state index in [4.69, 9.17) is 0 Å². The van der Waals surface area contributed by atoms with Crippen molar-refractivity contribution in [3.8, 4) is 0 Å². The average Bonchev–Trinajstić information content (AvgIpc) is 2.43. The van der Waals surface area contributed by atoms with Crippen LogP contribution < -0.4 is 10.6 Å². The maximum absolute atomic E-state index is 13.4. The number of amides is 1. The van der Waals surface area contributed by atoms with E-state index in [1.807, 2.05) is 6.92 Å². The van der Waals surface area contributed by atoms with E-state index in [0.29, 0.717) is 17.9 Å². The van der Waals surface area contributed by atoms with Gasteiger partial charge < -0.3 is 10.6 Å². The summed E-state index contributed by atoms with van der Waals surface area (Å²) in [5.41, 5.74) is 0.108. The molecule has 2 aromatic rings. The average molecular weight is 277 g/mol. The first-order chi connectivity index (χ1) is 9.60. The predicted octanol–water partition coefficient (Wildman–Crippen LogP) is 3.04. The number of halogens is 2. The Morgan fingerprint density at radius 1 is 1.25 bits per heavy atom. The lowest BCUT2D eigenvalue weighted by molar-refractivity contribution is 0.102. The first-order valence-corrected chi connectivity index (χ1v) is 6.06. The summed E-state index contributed by atoms with van der Waals surface area (Å²) in [5.74, 6) is -1.30.